The Morgan fingerprint density at radius 3 is 1.62 bits per heavy atom. The Hall–Kier alpha value is -0.0400. The zero-order valence-electron chi connectivity index (χ0n) is 9.97. The van der Waals surface area contributed by atoms with Crippen LogP contribution in [0.4, 0.5) is 0 Å². The molecule has 0 aromatic carbocycles. The maximum Gasteiger partial charge on any atom is 0.000945 e. The standard InChI is InChI=1S/C12H27N/c1-5-9-13(10-6-2)11-12(7-3)8-4/h12H,5-11H2,1-4H3. The molecule has 0 spiro atoms. The molecule has 13 heavy (non-hydrogen) atoms. The molecule has 0 saturated carbocycles. The van der Waals surface area contributed by atoms with Gasteiger partial charge < -0.3 is 4.90 Å². The first-order chi connectivity index (χ1) is 6.28. The van der Waals surface area contributed by atoms with E-state index in [4.69, 9.17) is 0 Å². The van der Waals surface area contributed by atoms with Crippen molar-refractivity contribution in [2.45, 2.75) is 53.4 Å². The lowest BCUT2D eigenvalue weighted by molar-refractivity contribution is 0.224. The van der Waals surface area contributed by atoms with Crippen LogP contribution >= 0.6 is 0 Å². The highest BCUT2D eigenvalue weighted by atomic mass is 15.1. The van der Waals surface area contributed by atoms with Crippen molar-refractivity contribution in [1.82, 2.24) is 4.90 Å². The molecule has 0 fully saturated rings. The first-order valence-corrected chi connectivity index (χ1v) is 6.00. The molecule has 0 radical (unpaired) electrons. The van der Waals surface area contributed by atoms with E-state index in [9.17, 15) is 0 Å². The molecule has 0 aromatic heterocycles. The van der Waals surface area contributed by atoms with Gasteiger partial charge in [-0.15, -0.1) is 0 Å². The smallest absolute Gasteiger partial charge is 0.000945 e. The SMILES string of the molecule is CCCN(CCC)CC(CC)CC. The Balaban J connectivity index is 3.76. The maximum absolute atomic E-state index is 2.62. The van der Waals surface area contributed by atoms with Crippen LogP contribution in [0.1, 0.15) is 53.4 Å². The molecule has 0 unspecified atom stereocenters. The summed E-state index contributed by atoms with van der Waals surface area (Å²) in [6.45, 7) is 13.0. The van der Waals surface area contributed by atoms with Crippen molar-refractivity contribution >= 4 is 0 Å². The Kier molecular flexibility index (Phi) is 8.53. The molecule has 0 saturated heterocycles. The van der Waals surface area contributed by atoms with E-state index in [0.717, 1.165) is 5.92 Å². The molecule has 0 atom stereocenters. The Labute approximate surface area is 84.5 Å². The first-order valence-electron chi connectivity index (χ1n) is 6.00. The van der Waals surface area contributed by atoms with E-state index in [1.165, 1.54) is 45.3 Å². The molecule has 0 amide bonds. The Morgan fingerprint density at radius 2 is 1.31 bits per heavy atom. The second-order valence-electron chi connectivity index (χ2n) is 3.98. The van der Waals surface area contributed by atoms with Gasteiger partial charge in [0.25, 0.3) is 0 Å². The fraction of sp³-hybridized carbons (Fsp3) is 1.00. The van der Waals surface area contributed by atoms with Gasteiger partial charge in [0.1, 0.15) is 0 Å². The Morgan fingerprint density at radius 1 is 0.846 bits per heavy atom. The van der Waals surface area contributed by atoms with Gasteiger partial charge in [-0.05, 0) is 31.8 Å². The fourth-order valence-electron chi connectivity index (χ4n) is 1.84. The summed E-state index contributed by atoms with van der Waals surface area (Å²) in [5.74, 6) is 0.915. The highest BCUT2D eigenvalue weighted by Gasteiger charge is 2.09. The number of rotatable bonds is 8. The average molecular weight is 185 g/mol. The predicted molar refractivity (Wildman–Crippen MR) is 61.1 cm³/mol. The third kappa shape index (κ3) is 6.09. The van der Waals surface area contributed by atoms with Crippen molar-refractivity contribution in [3.8, 4) is 0 Å². The van der Waals surface area contributed by atoms with Crippen molar-refractivity contribution in [2.24, 2.45) is 5.92 Å². The van der Waals surface area contributed by atoms with Crippen molar-refractivity contribution in [1.29, 1.82) is 0 Å². The van der Waals surface area contributed by atoms with Gasteiger partial charge in [0.15, 0.2) is 0 Å². The monoisotopic (exact) mass is 185 g/mol. The van der Waals surface area contributed by atoms with Gasteiger partial charge in [0.2, 0.25) is 0 Å². The molecule has 0 heterocycles. The minimum absolute atomic E-state index is 0.915. The second kappa shape index (κ2) is 8.55. The maximum atomic E-state index is 2.62. The van der Waals surface area contributed by atoms with E-state index in [1.807, 2.05) is 0 Å². The third-order valence-electron chi connectivity index (χ3n) is 2.75. The van der Waals surface area contributed by atoms with Crippen LogP contribution in [0.25, 0.3) is 0 Å². The molecular formula is C12H27N. The van der Waals surface area contributed by atoms with Crippen molar-refractivity contribution < 1.29 is 0 Å². The quantitative estimate of drug-likeness (QED) is 0.559. The minimum Gasteiger partial charge on any atom is -0.303 e. The third-order valence-corrected chi connectivity index (χ3v) is 2.75. The van der Waals surface area contributed by atoms with Crippen molar-refractivity contribution in [3.05, 3.63) is 0 Å². The normalized spacial score (nSPS) is 11.5. The number of hydrogen-bond donors (Lipinski definition) is 0. The van der Waals surface area contributed by atoms with Crippen LogP contribution in [0.15, 0.2) is 0 Å². The van der Waals surface area contributed by atoms with Crippen molar-refractivity contribution in [3.63, 3.8) is 0 Å². The molecule has 0 N–H and O–H groups in total. The largest absolute Gasteiger partial charge is 0.303 e. The molecule has 80 valence electrons. The van der Waals surface area contributed by atoms with Gasteiger partial charge in [-0.1, -0.05) is 40.5 Å². The molecule has 0 aliphatic rings. The molecule has 0 bridgehead atoms. The van der Waals surface area contributed by atoms with Gasteiger partial charge >= 0.3 is 0 Å². The van der Waals surface area contributed by atoms with E-state index in [0.29, 0.717) is 0 Å². The van der Waals surface area contributed by atoms with E-state index in [-0.39, 0.29) is 0 Å². The lowest BCUT2D eigenvalue weighted by Crippen LogP contribution is -2.30. The summed E-state index contributed by atoms with van der Waals surface area (Å²) in [6, 6.07) is 0. The minimum atomic E-state index is 0.915. The van der Waals surface area contributed by atoms with Crippen LogP contribution in [0, 0.1) is 5.92 Å². The number of hydrogen-bond acceptors (Lipinski definition) is 1. The fourth-order valence-corrected chi connectivity index (χ4v) is 1.84. The average Bonchev–Trinajstić information content (AvgIpc) is 2.14. The van der Waals surface area contributed by atoms with Gasteiger partial charge in [-0.2, -0.15) is 0 Å². The summed E-state index contributed by atoms with van der Waals surface area (Å²) in [5, 5.41) is 0. The van der Waals surface area contributed by atoms with Crippen LogP contribution in [0.5, 0.6) is 0 Å². The molecule has 0 aliphatic carbocycles. The predicted octanol–water partition coefficient (Wildman–Crippen LogP) is 3.54. The molecule has 1 nitrogen and oxygen atoms in total. The zero-order valence-corrected chi connectivity index (χ0v) is 9.97. The van der Waals surface area contributed by atoms with Crippen LogP contribution in [0.2, 0.25) is 0 Å². The summed E-state index contributed by atoms with van der Waals surface area (Å²) in [4.78, 5) is 2.62. The van der Waals surface area contributed by atoms with Crippen LogP contribution in [-0.2, 0) is 0 Å². The van der Waals surface area contributed by atoms with E-state index < -0.39 is 0 Å². The van der Waals surface area contributed by atoms with E-state index in [2.05, 4.69) is 32.6 Å². The van der Waals surface area contributed by atoms with Gasteiger partial charge in [-0.25, -0.2) is 0 Å². The summed E-state index contributed by atoms with van der Waals surface area (Å²) in [6.07, 6.45) is 5.25. The summed E-state index contributed by atoms with van der Waals surface area (Å²) in [5.41, 5.74) is 0. The molecule has 0 rings (SSSR count). The van der Waals surface area contributed by atoms with E-state index in [1.54, 1.807) is 0 Å². The molecule has 0 aliphatic heterocycles. The van der Waals surface area contributed by atoms with E-state index >= 15 is 0 Å². The molecular weight excluding hydrogens is 158 g/mol. The zero-order chi connectivity index (χ0) is 10.1. The van der Waals surface area contributed by atoms with Crippen LogP contribution in [0.3, 0.4) is 0 Å². The summed E-state index contributed by atoms with van der Waals surface area (Å²) < 4.78 is 0. The van der Waals surface area contributed by atoms with Gasteiger partial charge in [0.05, 0.1) is 0 Å². The highest BCUT2D eigenvalue weighted by molar-refractivity contribution is 4.63. The number of nitrogens with zero attached hydrogens (tertiary/aromatic N) is 1. The van der Waals surface area contributed by atoms with Crippen LogP contribution < -0.4 is 0 Å². The van der Waals surface area contributed by atoms with Crippen molar-refractivity contribution in [2.75, 3.05) is 19.6 Å². The molecule has 0 aromatic rings. The van der Waals surface area contributed by atoms with Gasteiger partial charge in [-0.3, -0.25) is 0 Å². The first kappa shape index (κ1) is 13.0. The van der Waals surface area contributed by atoms with Gasteiger partial charge in [0, 0.05) is 6.54 Å². The second-order valence-corrected chi connectivity index (χ2v) is 3.98. The lowest BCUT2D eigenvalue weighted by atomic mass is 10.0. The summed E-state index contributed by atoms with van der Waals surface area (Å²) >= 11 is 0. The lowest BCUT2D eigenvalue weighted by Gasteiger charge is -2.25. The van der Waals surface area contributed by atoms with Crippen LogP contribution in [-0.4, -0.2) is 24.5 Å². The Bertz CT molecular complexity index is 91.3. The summed E-state index contributed by atoms with van der Waals surface area (Å²) in [7, 11) is 0. The molecule has 1 heteroatoms. The topological polar surface area (TPSA) is 3.24 Å². The highest BCUT2D eigenvalue weighted by Crippen LogP contribution is 2.10.